The van der Waals surface area contributed by atoms with Crippen molar-refractivity contribution in [2.75, 3.05) is 49.1 Å². The summed E-state index contributed by atoms with van der Waals surface area (Å²) in [6.07, 6.45) is 5.59. The van der Waals surface area contributed by atoms with Crippen molar-refractivity contribution in [3.05, 3.63) is 24.5 Å². The highest BCUT2D eigenvalue weighted by atomic mass is 16.5. The summed E-state index contributed by atoms with van der Waals surface area (Å²) in [5, 5.41) is 15.6. The van der Waals surface area contributed by atoms with Crippen LogP contribution in [0.2, 0.25) is 0 Å². The van der Waals surface area contributed by atoms with Gasteiger partial charge in [0, 0.05) is 58.0 Å². The van der Waals surface area contributed by atoms with Crippen molar-refractivity contribution in [3.8, 4) is 11.5 Å². The van der Waals surface area contributed by atoms with Gasteiger partial charge in [-0.3, -0.25) is 5.10 Å². The van der Waals surface area contributed by atoms with Crippen LogP contribution < -0.4 is 15.1 Å². The van der Waals surface area contributed by atoms with E-state index in [1.807, 2.05) is 23.0 Å². The van der Waals surface area contributed by atoms with E-state index in [9.17, 15) is 0 Å². The van der Waals surface area contributed by atoms with E-state index in [0.717, 1.165) is 62.1 Å². The van der Waals surface area contributed by atoms with Crippen molar-refractivity contribution in [2.24, 2.45) is 0 Å². The third-order valence-corrected chi connectivity index (χ3v) is 5.74. The molecule has 4 aliphatic heterocycles. The first-order valence-corrected chi connectivity index (χ1v) is 9.60. The van der Waals surface area contributed by atoms with Crippen molar-refractivity contribution < 1.29 is 4.74 Å². The zero-order chi connectivity index (χ0) is 17.8. The van der Waals surface area contributed by atoms with Crippen LogP contribution in [-0.2, 0) is 4.74 Å². The summed E-state index contributed by atoms with van der Waals surface area (Å²) in [4.78, 5) is 9.41. The van der Waals surface area contributed by atoms with Gasteiger partial charge in [-0.25, -0.2) is 9.50 Å². The molecular formula is C18H22N8O. The Labute approximate surface area is 156 Å². The van der Waals surface area contributed by atoms with Crippen molar-refractivity contribution in [2.45, 2.75) is 18.6 Å². The van der Waals surface area contributed by atoms with Crippen molar-refractivity contribution in [3.63, 3.8) is 0 Å². The lowest BCUT2D eigenvalue weighted by atomic mass is 9.99. The van der Waals surface area contributed by atoms with Crippen LogP contribution in [0.1, 0.15) is 6.42 Å². The summed E-state index contributed by atoms with van der Waals surface area (Å²) in [5.41, 5.74) is 3.02. The number of ether oxygens (including phenoxy) is 1. The molecule has 2 atom stereocenters. The fraction of sp³-hybridized carbons (Fsp3) is 0.500. The molecule has 140 valence electrons. The molecule has 0 spiro atoms. The second-order valence-corrected chi connectivity index (χ2v) is 7.48. The minimum absolute atomic E-state index is 0.345. The Morgan fingerprint density at radius 1 is 1.11 bits per heavy atom. The molecule has 2 unspecified atom stereocenters. The first kappa shape index (κ1) is 15.4. The molecule has 4 fully saturated rings. The molecule has 3 aromatic heterocycles. The van der Waals surface area contributed by atoms with E-state index < -0.39 is 0 Å². The second-order valence-electron chi connectivity index (χ2n) is 7.48. The summed E-state index contributed by atoms with van der Waals surface area (Å²) < 4.78 is 7.76. The second kappa shape index (κ2) is 5.93. The van der Waals surface area contributed by atoms with Crippen LogP contribution in [0.25, 0.3) is 17.0 Å². The first-order chi connectivity index (χ1) is 13.3. The predicted octanol–water partition coefficient (Wildman–Crippen LogP) is 0.506. The average Bonchev–Trinajstić information content (AvgIpc) is 3.37. The van der Waals surface area contributed by atoms with E-state index in [1.54, 1.807) is 0 Å². The lowest BCUT2D eigenvalue weighted by molar-refractivity contribution is -0.133. The van der Waals surface area contributed by atoms with Gasteiger partial charge in [0.05, 0.1) is 24.1 Å². The highest BCUT2D eigenvalue weighted by Crippen LogP contribution is 2.34. The molecule has 7 rings (SSSR count). The quantitative estimate of drug-likeness (QED) is 0.698. The van der Waals surface area contributed by atoms with E-state index in [1.165, 1.54) is 12.1 Å². The van der Waals surface area contributed by atoms with Crippen LogP contribution in [0.4, 0.5) is 11.5 Å². The van der Waals surface area contributed by atoms with E-state index in [-0.39, 0.29) is 0 Å². The fourth-order valence-corrected chi connectivity index (χ4v) is 4.36. The Hall–Kier alpha value is -2.65. The molecule has 0 radical (unpaired) electrons. The number of anilines is 2. The highest BCUT2D eigenvalue weighted by Gasteiger charge is 2.39. The van der Waals surface area contributed by atoms with Gasteiger partial charge in [0.1, 0.15) is 11.2 Å². The highest BCUT2D eigenvalue weighted by molar-refractivity contribution is 5.77. The molecular weight excluding hydrogens is 344 g/mol. The van der Waals surface area contributed by atoms with Crippen LogP contribution in [0.3, 0.4) is 0 Å². The molecule has 9 heteroatoms. The molecule has 9 nitrogen and oxygen atoms in total. The number of aromatic amines is 1. The number of nitrogens with one attached hydrogen (secondary N) is 2. The summed E-state index contributed by atoms with van der Waals surface area (Å²) >= 11 is 0. The Morgan fingerprint density at radius 3 is 2.67 bits per heavy atom. The number of hydrogen-bond donors (Lipinski definition) is 2. The van der Waals surface area contributed by atoms with Crippen LogP contribution in [-0.4, -0.2) is 76.3 Å². The Bertz CT molecular complexity index is 945. The third-order valence-electron chi connectivity index (χ3n) is 5.74. The van der Waals surface area contributed by atoms with E-state index in [2.05, 4.69) is 36.4 Å². The molecule has 27 heavy (non-hydrogen) atoms. The van der Waals surface area contributed by atoms with Crippen LogP contribution >= 0.6 is 0 Å². The van der Waals surface area contributed by atoms with Crippen LogP contribution in [0, 0.1) is 0 Å². The maximum Gasteiger partial charge on any atom is 0.182 e. The molecule has 0 aliphatic carbocycles. The zero-order valence-corrected chi connectivity index (χ0v) is 15.0. The normalized spacial score (nSPS) is 25.0. The molecule has 2 bridgehead atoms. The number of aromatic nitrogens is 5. The first-order valence-electron chi connectivity index (χ1n) is 9.60. The van der Waals surface area contributed by atoms with Crippen molar-refractivity contribution >= 4 is 17.0 Å². The number of rotatable bonds is 3. The van der Waals surface area contributed by atoms with Crippen LogP contribution in [0.5, 0.6) is 0 Å². The van der Waals surface area contributed by atoms with E-state index >= 15 is 0 Å². The van der Waals surface area contributed by atoms with E-state index in [4.69, 9.17) is 9.84 Å². The van der Waals surface area contributed by atoms with Gasteiger partial charge in [-0.2, -0.15) is 5.10 Å². The van der Waals surface area contributed by atoms with Gasteiger partial charge >= 0.3 is 0 Å². The number of morpholine rings is 1. The number of piperazine rings is 1. The van der Waals surface area contributed by atoms with Gasteiger partial charge in [0.25, 0.3) is 0 Å². The average molecular weight is 366 g/mol. The lowest BCUT2D eigenvalue weighted by Gasteiger charge is -2.47. The molecule has 2 N–H and O–H groups in total. The summed E-state index contributed by atoms with van der Waals surface area (Å²) in [6, 6.07) is 4.15. The largest absolute Gasteiger partial charge is 0.371 e. The minimum Gasteiger partial charge on any atom is -0.371 e. The van der Waals surface area contributed by atoms with E-state index in [0.29, 0.717) is 12.2 Å². The topological polar surface area (TPSA) is 86.6 Å². The molecule has 4 saturated heterocycles. The monoisotopic (exact) mass is 366 g/mol. The molecule has 0 saturated carbocycles. The summed E-state index contributed by atoms with van der Waals surface area (Å²) in [7, 11) is 0. The van der Waals surface area contributed by atoms with Crippen molar-refractivity contribution in [1.82, 2.24) is 30.1 Å². The third kappa shape index (κ3) is 2.49. The molecule has 3 aromatic rings. The Balaban J connectivity index is 1.49. The number of nitrogens with zero attached hydrogens (tertiary/aromatic N) is 6. The van der Waals surface area contributed by atoms with Gasteiger partial charge in [0.15, 0.2) is 11.6 Å². The fourth-order valence-electron chi connectivity index (χ4n) is 4.36. The summed E-state index contributed by atoms with van der Waals surface area (Å²) in [6.45, 7) is 5.76. The lowest BCUT2D eigenvalue weighted by Crippen LogP contribution is -2.57. The number of H-pyrrole nitrogens is 1. The molecule has 4 aliphatic rings. The molecule has 0 aromatic carbocycles. The number of hydrogen-bond acceptors (Lipinski definition) is 7. The molecule has 7 heterocycles. The van der Waals surface area contributed by atoms with Gasteiger partial charge in [0.2, 0.25) is 0 Å². The van der Waals surface area contributed by atoms with Gasteiger partial charge in [-0.05, 0) is 6.07 Å². The maximum absolute atomic E-state index is 5.81. The smallest absolute Gasteiger partial charge is 0.182 e. The zero-order valence-electron chi connectivity index (χ0n) is 15.0. The van der Waals surface area contributed by atoms with Gasteiger partial charge < -0.3 is 19.9 Å². The van der Waals surface area contributed by atoms with Gasteiger partial charge in [-0.15, -0.1) is 5.10 Å². The van der Waals surface area contributed by atoms with Gasteiger partial charge in [-0.1, -0.05) is 0 Å². The Morgan fingerprint density at radius 2 is 1.93 bits per heavy atom. The minimum atomic E-state index is 0.345. The Kier molecular flexibility index (Phi) is 3.38. The number of fused-ring (bicyclic) bond motifs is 3. The molecule has 0 amide bonds. The SMILES string of the molecule is c1cc(-c2ncc3c(N4CCNCC4)cc(N4CC5CC(C4)O5)nn23)n[nH]1. The predicted molar refractivity (Wildman–Crippen MR) is 101 cm³/mol. The number of piperidine rings is 1. The summed E-state index contributed by atoms with van der Waals surface area (Å²) in [5.74, 6) is 1.76. The standard InChI is InChI=1S/C18H22N8O/c1-2-21-22-14(1)18-20-9-16-15(24-5-3-19-4-6-24)8-17(23-26(16)18)25-10-12-7-13(11-25)27-12/h1-2,8-9,12-13,19H,3-7,10-11H2,(H,21,22). The van der Waals surface area contributed by atoms with Crippen LogP contribution in [0.15, 0.2) is 24.5 Å². The van der Waals surface area contributed by atoms with Crippen molar-refractivity contribution in [1.29, 1.82) is 0 Å². The maximum atomic E-state index is 5.81. The number of imidazole rings is 1.